The number of hydrogen-bond acceptors (Lipinski definition) is 3. The molecule has 1 heterocycles. The van der Waals surface area contributed by atoms with Gasteiger partial charge >= 0.3 is 0 Å². The molecule has 1 aliphatic carbocycles. The van der Waals surface area contributed by atoms with E-state index >= 15 is 0 Å². The molecule has 0 spiro atoms. The molecule has 1 amide bonds. The lowest BCUT2D eigenvalue weighted by atomic mass is 9.75. The number of nitrogens with zero attached hydrogens (tertiary/aromatic N) is 2. The molecule has 1 saturated carbocycles. The van der Waals surface area contributed by atoms with Gasteiger partial charge in [-0.25, -0.2) is 0 Å². The highest BCUT2D eigenvalue weighted by molar-refractivity contribution is 5.93. The topological polar surface area (TPSA) is 70.7 Å². The quantitative estimate of drug-likeness (QED) is 0.804. The molecule has 2 N–H and O–H groups in total. The fraction of sp³-hybridized carbons (Fsp3) is 0.727. The first-order chi connectivity index (χ1) is 7.60. The molecule has 0 aromatic carbocycles. The predicted octanol–water partition coefficient (Wildman–Crippen LogP) is 2.02. The molecule has 0 atom stereocenters. The molecule has 5 heteroatoms. The first-order valence-corrected chi connectivity index (χ1v) is 5.81. The molecule has 88 valence electrons. The van der Waals surface area contributed by atoms with Crippen molar-refractivity contribution in [2.75, 3.05) is 5.32 Å². The Balaban J connectivity index is 2.01. The molecular weight excluding hydrogens is 204 g/mol. The van der Waals surface area contributed by atoms with E-state index in [0.29, 0.717) is 11.8 Å². The molecule has 1 aromatic rings. The number of aromatic amines is 1. The van der Waals surface area contributed by atoms with Crippen LogP contribution in [0.2, 0.25) is 0 Å². The van der Waals surface area contributed by atoms with Gasteiger partial charge < -0.3 is 0 Å². The molecule has 16 heavy (non-hydrogen) atoms. The number of amides is 1. The SMILES string of the molecule is Cc1nc(NC(=O)C2(C)CCCCC2)n[nH]1. The zero-order valence-corrected chi connectivity index (χ0v) is 9.84. The van der Waals surface area contributed by atoms with Crippen molar-refractivity contribution in [3.05, 3.63) is 5.82 Å². The van der Waals surface area contributed by atoms with Gasteiger partial charge in [0, 0.05) is 5.41 Å². The maximum absolute atomic E-state index is 12.1. The monoisotopic (exact) mass is 222 g/mol. The Labute approximate surface area is 95.0 Å². The Kier molecular flexibility index (Phi) is 2.94. The lowest BCUT2D eigenvalue weighted by Gasteiger charge is -2.31. The van der Waals surface area contributed by atoms with Gasteiger partial charge in [0.15, 0.2) is 0 Å². The summed E-state index contributed by atoms with van der Waals surface area (Å²) in [7, 11) is 0. The minimum atomic E-state index is -0.243. The van der Waals surface area contributed by atoms with Gasteiger partial charge in [0.1, 0.15) is 5.82 Å². The molecule has 5 nitrogen and oxygen atoms in total. The summed E-state index contributed by atoms with van der Waals surface area (Å²) < 4.78 is 0. The summed E-state index contributed by atoms with van der Waals surface area (Å²) in [4.78, 5) is 16.2. The molecule has 1 fully saturated rings. The normalized spacial score (nSPS) is 19.4. The second kappa shape index (κ2) is 4.23. The van der Waals surface area contributed by atoms with Crippen LogP contribution in [0.5, 0.6) is 0 Å². The van der Waals surface area contributed by atoms with Gasteiger partial charge in [0.2, 0.25) is 11.9 Å². The third kappa shape index (κ3) is 2.23. The van der Waals surface area contributed by atoms with Crippen LogP contribution in [0.4, 0.5) is 5.95 Å². The van der Waals surface area contributed by atoms with Crippen LogP contribution in [0, 0.1) is 12.3 Å². The van der Waals surface area contributed by atoms with Crippen molar-refractivity contribution in [3.63, 3.8) is 0 Å². The molecule has 1 aliphatic rings. The van der Waals surface area contributed by atoms with E-state index in [1.807, 2.05) is 13.8 Å². The molecule has 2 rings (SSSR count). The molecule has 0 unspecified atom stereocenters. The van der Waals surface area contributed by atoms with Crippen molar-refractivity contribution < 1.29 is 4.79 Å². The van der Waals surface area contributed by atoms with Crippen molar-refractivity contribution in [3.8, 4) is 0 Å². The van der Waals surface area contributed by atoms with Crippen LogP contribution in [0.25, 0.3) is 0 Å². The van der Waals surface area contributed by atoms with Gasteiger partial charge in [-0.3, -0.25) is 15.2 Å². The maximum atomic E-state index is 12.1. The van der Waals surface area contributed by atoms with Crippen LogP contribution in [0.1, 0.15) is 44.9 Å². The van der Waals surface area contributed by atoms with E-state index in [2.05, 4.69) is 20.5 Å². The number of nitrogens with one attached hydrogen (secondary N) is 2. The van der Waals surface area contributed by atoms with Gasteiger partial charge in [0.25, 0.3) is 0 Å². The lowest BCUT2D eigenvalue weighted by Crippen LogP contribution is -2.35. The van der Waals surface area contributed by atoms with E-state index in [1.54, 1.807) is 0 Å². The van der Waals surface area contributed by atoms with Crippen molar-refractivity contribution in [1.82, 2.24) is 15.2 Å². The predicted molar refractivity (Wildman–Crippen MR) is 60.9 cm³/mol. The number of carbonyl (C=O) groups excluding carboxylic acids is 1. The van der Waals surface area contributed by atoms with Crippen molar-refractivity contribution in [2.45, 2.75) is 46.0 Å². The minimum Gasteiger partial charge on any atom is -0.293 e. The Morgan fingerprint density at radius 2 is 2.06 bits per heavy atom. The highest BCUT2D eigenvalue weighted by Crippen LogP contribution is 2.36. The smallest absolute Gasteiger partial charge is 0.248 e. The molecule has 0 bridgehead atoms. The van der Waals surface area contributed by atoms with E-state index in [9.17, 15) is 4.79 Å². The zero-order chi connectivity index (χ0) is 11.6. The second-order valence-corrected chi connectivity index (χ2v) is 4.82. The molecule has 0 saturated heterocycles. The number of carbonyl (C=O) groups is 1. The van der Waals surface area contributed by atoms with Gasteiger partial charge in [-0.15, -0.1) is 5.10 Å². The average Bonchev–Trinajstić information content (AvgIpc) is 2.65. The molecule has 1 aromatic heterocycles. The number of aromatic nitrogens is 3. The minimum absolute atomic E-state index is 0.0474. The Morgan fingerprint density at radius 3 is 2.62 bits per heavy atom. The molecule has 0 radical (unpaired) electrons. The fourth-order valence-corrected chi connectivity index (χ4v) is 2.21. The van der Waals surface area contributed by atoms with Crippen LogP contribution >= 0.6 is 0 Å². The first kappa shape index (κ1) is 11.1. The maximum Gasteiger partial charge on any atom is 0.248 e. The largest absolute Gasteiger partial charge is 0.293 e. The van der Waals surface area contributed by atoms with Crippen LogP contribution in [0.15, 0.2) is 0 Å². The van der Waals surface area contributed by atoms with E-state index in [0.717, 1.165) is 25.7 Å². The van der Waals surface area contributed by atoms with Crippen LogP contribution in [-0.4, -0.2) is 21.1 Å². The highest BCUT2D eigenvalue weighted by atomic mass is 16.2. The lowest BCUT2D eigenvalue weighted by molar-refractivity contribution is -0.126. The van der Waals surface area contributed by atoms with E-state index < -0.39 is 0 Å². The third-order valence-electron chi connectivity index (χ3n) is 3.33. The van der Waals surface area contributed by atoms with Gasteiger partial charge in [-0.1, -0.05) is 26.2 Å². The Hall–Kier alpha value is -1.39. The summed E-state index contributed by atoms with van der Waals surface area (Å²) >= 11 is 0. The zero-order valence-electron chi connectivity index (χ0n) is 9.84. The molecule has 0 aliphatic heterocycles. The fourth-order valence-electron chi connectivity index (χ4n) is 2.21. The van der Waals surface area contributed by atoms with Crippen molar-refractivity contribution in [1.29, 1.82) is 0 Å². The Morgan fingerprint density at radius 1 is 1.38 bits per heavy atom. The highest BCUT2D eigenvalue weighted by Gasteiger charge is 2.34. The van der Waals surface area contributed by atoms with Gasteiger partial charge in [-0.2, -0.15) is 4.98 Å². The number of rotatable bonds is 2. The number of anilines is 1. The first-order valence-electron chi connectivity index (χ1n) is 5.81. The number of aryl methyl sites for hydroxylation is 1. The average molecular weight is 222 g/mol. The van der Waals surface area contributed by atoms with E-state index in [-0.39, 0.29) is 11.3 Å². The summed E-state index contributed by atoms with van der Waals surface area (Å²) in [5.74, 6) is 1.14. The Bertz CT molecular complexity index is 379. The van der Waals surface area contributed by atoms with Crippen molar-refractivity contribution in [2.24, 2.45) is 5.41 Å². The summed E-state index contributed by atoms with van der Waals surface area (Å²) in [6.45, 7) is 3.84. The third-order valence-corrected chi connectivity index (χ3v) is 3.33. The van der Waals surface area contributed by atoms with Crippen molar-refractivity contribution >= 4 is 11.9 Å². The van der Waals surface area contributed by atoms with E-state index in [4.69, 9.17) is 0 Å². The summed E-state index contributed by atoms with van der Waals surface area (Å²) in [5, 5.41) is 9.41. The van der Waals surface area contributed by atoms with Crippen LogP contribution in [0.3, 0.4) is 0 Å². The van der Waals surface area contributed by atoms with E-state index in [1.165, 1.54) is 6.42 Å². The summed E-state index contributed by atoms with van der Waals surface area (Å²) in [6.07, 6.45) is 5.43. The number of H-pyrrole nitrogens is 1. The van der Waals surface area contributed by atoms with Gasteiger partial charge in [-0.05, 0) is 19.8 Å². The standard InChI is InChI=1S/C11H18N4O/c1-8-12-10(15-14-8)13-9(16)11(2)6-4-3-5-7-11/h3-7H2,1-2H3,(H2,12,13,14,15,16). The summed E-state index contributed by atoms with van der Waals surface area (Å²) in [5.41, 5.74) is -0.243. The van der Waals surface area contributed by atoms with Crippen LogP contribution in [-0.2, 0) is 4.79 Å². The van der Waals surface area contributed by atoms with Crippen LogP contribution < -0.4 is 5.32 Å². The van der Waals surface area contributed by atoms with Gasteiger partial charge in [0.05, 0.1) is 0 Å². The molecular formula is C11H18N4O. The second-order valence-electron chi connectivity index (χ2n) is 4.82. The summed E-state index contributed by atoms with van der Waals surface area (Å²) in [6, 6.07) is 0. The number of hydrogen-bond donors (Lipinski definition) is 2.